The highest BCUT2D eigenvalue weighted by molar-refractivity contribution is 9.10. The minimum absolute atomic E-state index is 0.361. The summed E-state index contributed by atoms with van der Waals surface area (Å²) in [6, 6.07) is 2.94. The number of aryl methyl sites for hydroxylation is 1. The second-order valence-electron chi connectivity index (χ2n) is 3.23. The number of methoxy groups -OCH3 is 1. The van der Waals surface area contributed by atoms with Crippen LogP contribution in [-0.2, 0) is 7.05 Å². The van der Waals surface area contributed by atoms with Gasteiger partial charge >= 0.3 is 0 Å². The highest BCUT2D eigenvalue weighted by Gasteiger charge is 2.14. The minimum atomic E-state index is -0.372. The topological polar surface area (TPSA) is 39.9 Å². The number of aromatic nitrogens is 3. The van der Waals surface area contributed by atoms with Crippen molar-refractivity contribution in [3.8, 4) is 17.1 Å². The highest BCUT2D eigenvalue weighted by atomic mass is 79.9. The fourth-order valence-electron chi connectivity index (χ4n) is 1.38. The lowest BCUT2D eigenvalue weighted by atomic mass is 10.2. The van der Waals surface area contributed by atoms with Crippen molar-refractivity contribution in [3.05, 3.63) is 28.7 Å². The molecule has 0 saturated heterocycles. The van der Waals surface area contributed by atoms with E-state index in [1.54, 1.807) is 17.7 Å². The van der Waals surface area contributed by atoms with Crippen molar-refractivity contribution in [1.29, 1.82) is 0 Å². The summed E-state index contributed by atoms with van der Waals surface area (Å²) in [6.45, 7) is 0. The second kappa shape index (κ2) is 4.21. The molecule has 0 amide bonds. The molecule has 0 aliphatic rings. The van der Waals surface area contributed by atoms with Crippen LogP contribution in [0.3, 0.4) is 0 Å². The number of ether oxygens (including phenoxy) is 1. The molecule has 0 N–H and O–H groups in total. The van der Waals surface area contributed by atoms with Gasteiger partial charge in [-0.05, 0) is 28.1 Å². The number of halogens is 2. The SMILES string of the molecule is COc1cc(-c2nncn2C)c(F)cc1Br. The van der Waals surface area contributed by atoms with Gasteiger partial charge in [0.05, 0.1) is 17.1 Å². The molecule has 1 heterocycles. The molecule has 0 saturated carbocycles. The van der Waals surface area contributed by atoms with Crippen molar-refractivity contribution >= 4 is 15.9 Å². The van der Waals surface area contributed by atoms with Crippen LogP contribution in [0, 0.1) is 5.82 Å². The maximum atomic E-state index is 13.7. The first-order valence-electron chi connectivity index (χ1n) is 4.51. The molecule has 0 bridgehead atoms. The van der Waals surface area contributed by atoms with Crippen LogP contribution in [0.25, 0.3) is 11.4 Å². The van der Waals surface area contributed by atoms with Gasteiger partial charge in [0.1, 0.15) is 17.9 Å². The first-order chi connectivity index (χ1) is 7.63. The predicted octanol–water partition coefficient (Wildman–Crippen LogP) is 2.39. The molecule has 0 fully saturated rings. The number of nitrogens with zero attached hydrogens (tertiary/aromatic N) is 3. The Morgan fingerprint density at radius 1 is 1.44 bits per heavy atom. The third-order valence-corrected chi connectivity index (χ3v) is 2.81. The van der Waals surface area contributed by atoms with Crippen molar-refractivity contribution in [2.75, 3.05) is 7.11 Å². The van der Waals surface area contributed by atoms with E-state index in [2.05, 4.69) is 26.1 Å². The molecule has 1 aromatic heterocycles. The monoisotopic (exact) mass is 285 g/mol. The maximum absolute atomic E-state index is 13.7. The van der Waals surface area contributed by atoms with E-state index in [-0.39, 0.29) is 5.82 Å². The van der Waals surface area contributed by atoms with Crippen LogP contribution in [-0.4, -0.2) is 21.9 Å². The van der Waals surface area contributed by atoms with Crippen molar-refractivity contribution in [1.82, 2.24) is 14.8 Å². The fourth-order valence-corrected chi connectivity index (χ4v) is 1.86. The molecule has 4 nitrogen and oxygen atoms in total. The van der Waals surface area contributed by atoms with E-state index in [0.717, 1.165) is 0 Å². The molecular weight excluding hydrogens is 277 g/mol. The molecule has 0 radical (unpaired) electrons. The molecule has 16 heavy (non-hydrogen) atoms. The lowest BCUT2D eigenvalue weighted by molar-refractivity contribution is 0.411. The first-order valence-corrected chi connectivity index (χ1v) is 5.30. The summed E-state index contributed by atoms with van der Waals surface area (Å²) < 4.78 is 21.1. The van der Waals surface area contributed by atoms with Gasteiger partial charge in [-0.2, -0.15) is 0 Å². The normalized spacial score (nSPS) is 10.5. The molecule has 0 aliphatic carbocycles. The van der Waals surface area contributed by atoms with E-state index in [0.29, 0.717) is 21.6 Å². The minimum Gasteiger partial charge on any atom is -0.496 e. The maximum Gasteiger partial charge on any atom is 0.166 e. The van der Waals surface area contributed by atoms with E-state index in [1.807, 2.05) is 0 Å². The average Bonchev–Trinajstić information content (AvgIpc) is 2.65. The molecule has 2 aromatic rings. The Labute approximate surface area is 100 Å². The smallest absolute Gasteiger partial charge is 0.166 e. The summed E-state index contributed by atoms with van der Waals surface area (Å²) in [6.07, 6.45) is 1.52. The Morgan fingerprint density at radius 3 is 2.75 bits per heavy atom. The van der Waals surface area contributed by atoms with Gasteiger partial charge in [0.25, 0.3) is 0 Å². The van der Waals surface area contributed by atoms with Crippen LogP contribution >= 0.6 is 15.9 Å². The number of hydrogen-bond acceptors (Lipinski definition) is 3. The zero-order chi connectivity index (χ0) is 11.7. The van der Waals surface area contributed by atoms with Crippen molar-refractivity contribution < 1.29 is 9.13 Å². The van der Waals surface area contributed by atoms with Crippen molar-refractivity contribution in [2.24, 2.45) is 7.05 Å². The number of benzene rings is 1. The zero-order valence-corrected chi connectivity index (χ0v) is 10.3. The van der Waals surface area contributed by atoms with Gasteiger partial charge in [-0.3, -0.25) is 0 Å². The lowest BCUT2D eigenvalue weighted by Gasteiger charge is -2.07. The van der Waals surface area contributed by atoms with Crippen molar-refractivity contribution in [3.63, 3.8) is 0 Å². The number of hydrogen-bond donors (Lipinski definition) is 0. The Kier molecular flexibility index (Phi) is 2.91. The first kappa shape index (κ1) is 11.1. The van der Waals surface area contributed by atoms with Crippen LogP contribution in [0.15, 0.2) is 22.9 Å². The van der Waals surface area contributed by atoms with Crippen LogP contribution in [0.5, 0.6) is 5.75 Å². The Morgan fingerprint density at radius 2 is 2.19 bits per heavy atom. The highest BCUT2D eigenvalue weighted by Crippen LogP contribution is 2.32. The summed E-state index contributed by atoms with van der Waals surface area (Å²) in [4.78, 5) is 0. The molecule has 0 unspecified atom stereocenters. The standard InChI is InChI=1S/C10H9BrFN3O/c1-15-5-13-14-10(15)6-3-9(16-2)7(11)4-8(6)12/h3-5H,1-2H3. The van der Waals surface area contributed by atoms with Crippen LogP contribution < -0.4 is 4.74 Å². The van der Waals surface area contributed by atoms with Gasteiger partial charge in [0.15, 0.2) is 5.82 Å². The summed E-state index contributed by atoms with van der Waals surface area (Å²) >= 11 is 3.22. The van der Waals surface area contributed by atoms with Crippen molar-refractivity contribution in [2.45, 2.75) is 0 Å². The van der Waals surface area contributed by atoms with E-state index in [4.69, 9.17) is 4.74 Å². The largest absolute Gasteiger partial charge is 0.496 e. The molecular formula is C10H9BrFN3O. The predicted molar refractivity (Wildman–Crippen MR) is 60.6 cm³/mol. The van der Waals surface area contributed by atoms with Gasteiger partial charge in [-0.25, -0.2) is 4.39 Å². The van der Waals surface area contributed by atoms with Gasteiger partial charge < -0.3 is 9.30 Å². The molecule has 2 rings (SSSR count). The Hall–Kier alpha value is -1.43. The van der Waals surface area contributed by atoms with E-state index < -0.39 is 0 Å². The molecule has 0 atom stereocenters. The second-order valence-corrected chi connectivity index (χ2v) is 4.09. The van der Waals surface area contributed by atoms with Gasteiger partial charge in [-0.15, -0.1) is 10.2 Å². The van der Waals surface area contributed by atoms with E-state index in [9.17, 15) is 4.39 Å². The van der Waals surface area contributed by atoms with Crippen LogP contribution in [0.4, 0.5) is 4.39 Å². The van der Waals surface area contributed by atoms with Crippen LogP contribution in [0.1, 0.15) is 0 Å². The Balaban J connectivity index is 2.61. The average molecular weight is 286 g/mol. The molecule has 84 valence electrons. The van der Waals surface area contributed by atoms with E-state index >= 15 is 0 Å². The quantitative estimate of drug-likeness (QED) is 0.851. The summed E-state index contributed by atoms with van der Waals surface area (Å²) in [5.74, 6) is 0.645. The molecule has 0 aliphatic heterocycles. The molecule has 6 heteroatoms. The number of rotatable bonds is 2. The zero-order valence-electron chi connectivity index (χ0n) is 8.74. The van der Waals surface area contributed by atoms with E-state index in [1.165, 1.54) is 19.5 Å². The molecule has 1 aromatic carbocycles. The summed E-state index contributed by atoms with van der Waals surface area (Å²) in [5.41, 5.74) is 0.361. The Bertz CT molecular complexity index is 527. The van der Waals surface area contributed by atoms with Crippen LogP contribution in [0.2, 0.25) is 0 Å². The molecule has 0 spiro atoms. The third-order valence-electron chi connectivity index (χ3n) is 2.19. The summed E-state index contributed by atoms with van der Waals surface area (Å²) in [5, 5.41) is 7.56. The summed E-state index contributed by atoms with van der Waals surface area (Å²) in [7, 11) is 3.28. The third kappa shape index (κ3) is 1.80. The lowest BCUT2D eigenvalue weighted by Crippen LogP contribution is -1.96. The van der Waals surface area contributed by atoms with Gasteiger partial charge in [0, 0.05) is 7.05 Å². The van der Waals surface area contributed by atoms with Gasteiger partial charge in [-0.1, -0.05) is 0 Å². The fraction of sp³-hybridized carbons (Fsp3) is 0.200. The van der Waals surface area contributed by atoms with Gasteiger partial charge in [0.2, 0.25) is 0 Å².